The Labute approximate surface area is 152 Å². The zero-order chi connectivity index (χ0) is 18.9. The fourth-order valence-electron chi connectivity index (χ4n) is 3.12. The lowest BCUT2D eigenvalue weighted by Crippen LogP contribution is -2.51. The SMILES string of the molecule is Cc1ccc(S(=O)(=O)N2CCN(C(=O)c3ccc[nH]c3=O)CC2)c(C)c1. The van der Waals surface area contributed by atoms with Crippen LogP contribution in [-0.2, 0) is 10.0 Å². The van der Waals surface area contributed by atoms with Gasteiger partial charge in [0.1, 0.15) is 5.56 Å². The van der Waals surface area contributed by atoms with Gasteiger partial charge in [0.05, 0.1) is 4.90 Å². The van der Waals surface area contributed by atoms with E-state index in [0.29, 0.717) is 10.5 Å². The lowest BCUT2D eigenvalue weighted by molar-refractivity contribution is 0.0696. The molecule has 0 spiro atoms. The van der Waals surface area contributed by atoms with Crippen molar-refractivity contribution in [2.45, 2.75) is 18.7 Å². The average molecular weight is 375 g/mol. The highest BCUT2D eigenvalue weighted by atomic mass is 32.2. The van der Waals surface area contributed by atoms with Gasteiger partial charge in [0.15, 0.2) is 0 Å². The summed E-state index contributed by atoms with van der Waals surface area (Å²) in [4.78, 5) is 28.5. The van der Waals surface area contributed by atoms with Crippen molar-refractivity contribution < 1.29 is 13.2 Å². The number of sulfonamides is 1. The van der Waals surface area contributed by atoms with Crippen LogP contribution < -0.4 is 5.56 Å². The number of hydrogen-bond donors (Lipinski definition) is 1. The molecule has 3 rings (SSSR count). The molecule has 1 amide bonds. The van der Waals surface area contributed by atoms with Crippen LogP contribution in [0.1, 0.15) is 21.5 Å². The van der Waals surface area contributed by atoms with E-state index in [1.54, 1.807) is 25.1 Å². The minimum Gasteiger partial charge on any atom is -0.336 e. The first-order valence-electron chi connectivity index (χ1n) is 8.35. The molecule has 0 radical (unpaired) electrons. The van der Waals surface area contributed by atoms with Gasteiger partial charge >= 0.3 is 0 Å². The molecule has 1 fully saturated rings. The highest BCUT2D eigenvalue weighted by molar-refractivity contribution is 7.89. The third-order valence-corrected chi connectivity index (χ3v) is 6.58. The lowest BCUT2D eigenvalue weighted by atomic mass is 10.2. The maximum Gasteiger partial charge on any atom is 0.260 e. The summed E-state index contributed by atoms with van der Waals surface area (Å²) < 4.78 is 27.2. The van der Waals surface area contributed by atoms with Crippen molar-refractivity contribution in [3.63, 3.8) is 0 Å². The smallest absolute Gasteiger partial charge is 0.260 e. The van der Waals surface area contributed by atoms with Crippen molar-refractivity contribution in [1.82, 2.24) is 14.2 Å². The molecule has 0 bridgehead atoms. The summed E-state index contributed by atoms with van der Waals surface area (Å²) in [7, 11) is -3.60. The highest BCUT2D eigenvalue weighted by Crippen LogP contribution is 2.22. The van der Waals surface area contributed by atoms with Crippen molar-refractivity contribution >= 4 is 15.9 Å². The molecule has 0 atom stereocenters. The van der Waals surface area contributed by atoms with Crippen LogP contribution >= 0.6 is 0 Å². The second-order valence-corrected chi connectivity index (χ2v) is 8.28. The van der Waals surface area contributed by atoms with Crippen LogP contribution in [0.3, 0.4) is 0 Å². The van der Waals surface area contributed by atoms with E-state index in [1.165, 1.54) is 21.5 Å². The third kappa shape index (κ3) is 3.42. The summed E-state index contributed by atoms with van der Waals surface area (Å²) in [6.07, 6.45) is 1.47. The van der Waals surface area contributed by atoms with Crippen LogP contribution in [0, 0.1) is 13.8 Å². The first kappa shape index (κ1) is 18.3. The molecular weight excluding hydrogens is 354 g/mol. The molecule has 0 aliphatic carbocycles. The van der Waals surface area contributed by atoms with E-state index in [9.17, 15) is 18.0 Å². The number of carbonyl (C=O) groups is 1. The lowest BCUT2D eigenvalue weighted by Gasteiger charge is -2.34. The molecule has 1 aliphatic heterocycles. The predicted molar refractivity (Wildman–Crippen MR) is 97.6 cm³/mol. The van der Waals surface area contributed by atoms with Crippen LogP contribution in [0.2, 0.25) is 0 Å². The number of benzene rings is 1. The number of carbonyl (C=O) groups excluding carboxylic acids is 1. The summed E-state index contributed by atoms with van der Waals surface area (Å²) >= 11 is 0. The number of rotatable bonds is 3. The van der Waals surface area contributed by atoms with Gasteiger partial charge < -0.3 is 9.88 Å². The Morgan fingerprint density at radius 3 is 2.38 bits per heavy atom. The van der Waals surface area contributed by atoms with E-state index in [4.69, 9.17) is 0 Å². The molecule has 7 nitrogen and oxygen atoms in total. The molecule has 2 aromatic rings. The number of nitrogens with zero attached hydrogens (tertiary/aromatic N) is 2. The highest BCUT2D eigenvalue weighted by Gasteiger charge is 2.31. The van der Waals surface area contributed by atoms with E-state index < -0.39 is 15.6 Å². The van der Waals surface area contributed by atoms with E-state index in [0.717, 1.165) is 5.56 Å². The van der Waals surface area contributed by atoms with Crippen molar-refractivity contribution in [3.8, 4) is 0 Å². The normalized spacial score (nSPS) is 15.8. The van der Waals surface area contributed by atoms with Gasteiger partial charge in [0.25, 0.3) is 11.5 Å². The van der Waals surface area contributed by atoms with Gasteiger partial charge in [0.2, 0.25) is 10.0 Å². The van der Waals surface area contributed by atoms with Gasteiger partial charge in [-0.25, -0.2) is 8.42 Å². The van der Waals surface area contributed by atoms with Gasteiger partial charge in [-0.1, -0.05) is 17.7 Å². The third-order valence-electron chi connectivity index (χ3n) is 4.52. The monoisotopic (exact) mass is 375 g/mol. The first-order chi connectivity index (χ1) is 12.3. The maximum absolute atomic E-state index is 12.9. The molecule has 0 saturated carbocycles. The minimum absolute atomic E-state index is 0.0678. The Bertz CT molecular complexity index is 989. The van der Waals surface area contributed by atoms with Crippen LogP contribution in [0.5, 0.6) is 0 Å². The summed E-state index contributed by atoms with van der Waals surface area (Å²) in [5, 5.41) is 0. The molecule has 26 heavy (non-hydrogen) atoms. The number of aryl methyl sites for hydroxylation is 2. The number of hydrogen-bond acceptors (Lipinski definition) is 4. The number of aromatic nitrogens is 1. The van der Waals surface area contributed by atoms with Gasteiger partial charge in [-0.3, -0.25) is 9.59 Å². The molecule has 1 aromatic heterocycles. The molecule has 138 valence electrons. The number of amides is 1. The van der Waals surface area contributed by atoms with Crippen LogP contribution in [0.25, 0.3) is 0 Å². The Kier molecular flexibility index (Phi) is 4.97. The quantitative estimate of drug-likeness (QED) is 0.871. The average Bonchev–Trinajstić information content (AvgIpc) is 2.61. The molecule has 1 aliphatic rings. The van der Waals surface area contributed by atoms with E-state index >= 15 is 0 Å². The van der Waals surface area contributed by atoms with E-state index in [1.807, 2.05) is 13.0 Å². The fourth-order valence-corrected chi connectivity index (χ4v) is 4.75. The van der Waals surface area contributed by atoms with Crippen molar-refractivity contribution in [2.75, 3.05) is 26.2 Å². The zero-order valence-electron chi connectivity index (χ0n) is 14.7. The van der Waals surface area contributed by atoms with Crippen LogP contribution in [-0.4, -0.2) is 54.7 Å². The predicted octanol–water partition coefficient (Wildman–Crippen LogP) is 1.14. The summed E-state index contributed by atoms with van der Waals surface area (Å²) in [5.74, 6) is -0.379. The standard InChI is InChI=1S/C18H21N3O4S/c1-13-5-6-16(14(2)12-13)26(24,25)21-10-8-20(9-11-21)18(23)15-4-3-7-19-17(15)22/h3-7,12H,8-11H2,1-2H3,(H,19,22). The summed E-state index contributed by atoms with van der Waals surface area (Å²) in [6.45, 7) is 4.59. The molecule has 2 heterocycles. The van der Waals surface area contributed by atoms with Gasteiger partial charge in [-0.2, -0.15) is 4.31 Å². The molecule has 1 saturated heterocycles. The second-order valence-electron chi connectivity index (χ2n) is 6.38. The Hall–Kier alpha value is -2.45. The topological polar surface area (TPSA) is 90.6 Å². The van der Waals surface area contributed by atoms with Crippen molar-refractivity contribution in [3.05, 3.63) is 63.6 Å². The number of piperazine rings is 1. The van der Waals surface area contributed by atoms with Gasteiger partial charge in [-0.15, -0.1) is 0 Å². The Morgan fingerprint density at radius 1 is 1.08 bits per heavy atom. The molecule has 8 heteroatoms. The van der Waals surface area contributed by atoms with E-state index in [-0.39, 0.29) is 37.6 Å². The largest absolute Gasteiger partial charge is 0.336 e. The first-order valence-corrected chi connectivity index (χ1v) is 9.79. The number of H-pyrrole nitrogens is 1. The molecular formula is C18H21N3O4S. The summed E-state index contributed by atoms with van der Waals surface area (Å²) in [5.41, 5.74) is 1.34. The zero-order valence-corrected chi connectivity index (χ0v) is 15.5. The molecule has 1 N–H and O–H groups in total. The number of aromatic amines is 1. The van der Waals surface area contributed by atoms with Crippen LogP contribution in [0.4, 0.5) is 0 Å². The number of pyridine rings is 1. The molecule has 0 unspecified atom stereocenters. The van der Waals surface area contributed by atoms with Gasteiger partial charge in [-0.05, 0) is 37.6 Å². The fraction of sp³-hybridized carbons (Fsp3) is 0.333. The minimum atomic E-state index is -3.60. The maximum atomic E-state index is 12.9. The Balaban J connectivity index is 1.75. The second kappa shape index (κ2) is 7.05. The van der Waals surface area contributed by atoms with Gasteiger partial charge in [0, 0.05) is 32.4 Å². The summed E-state index contributed by atoms with van der Waals surface area (Å²) in [6, 6.07) is 8.31. The molecule has 1 aromatic carbocycles. The van der Waals surface area contributed by atoms with Crippen molar-refractivity contribution in [1.29, 1.82) is 0 Å². The van der Waals surface area contributed by atoms with E-state index in [2.05, 4.69) is 4.98 Å². The van der Waals surface area contributed by atoms with Crippen LogP contribution in [0.15, 0.2) is 46.2 Å². The number of nitrogens with one attached hydrogen (secondary N) is 1. The Morgan fingerprint density at radius 2 is 1.77 bits per heavy atom. The van der Waals surface area contributed by atoms with Crippen molar-refractivity contribution in [2.24, 2.45) is 0 Å².